The monoisotopic (exact) mass is 550 g/mol. The van der Waals surface area contributed by atoms with Gasteiger partial charge in [0, 0.05) is 6.20 Å². The summed E-state index contributed by atoms with van der Waals surface area (Å²) < 4.78 is 22.9. The zero-order chi connectivity index (χ0) is 27.4. The molecule has 0 spiro atoms. The largest absolute Gasteiger partial charge is 0.462 e. The molecule has 2 aliphatic rings. The zero-order valence-electron chi connectivity index (χ0n) is 20.8. The summed E-state index contributed by atoms with van der Waals surface area (Å²) in [6.45, 7) is 4.92. The molecule has 0 bridgehead atoms. The number of amides is 1. The molecule has 6 atom stereocenters. The molecule has 3 rings (SSSR count). The highest BCUT2D eigenvalue weighted by atomic mass is 32.5. The fourth-order valence-electron chi connectivity index (χ4n) is 3.67. The summed E-state index contributed by atoms with van der Waals surface area (Å²) in [6.07, 6.45) is 4.02. The third-order valence-corrected chi connectivity index (χ3v) is 8.04. The highest BCUT2D eigenvalue weighted by molar-refractivity contribution is 8.09. The third-order valence-electron chi connectivity index (χ3n) is 5.54. The number of rotatable bonds is 10. The van der Waals surface area contributed by atoms with Crippen LogP contribution in [0, 0.1) is 12.3 Å². The van der Waals surface area contributed by atoms with E-state index in [2.05, 4.69) is 17.6 Å². The lowest BCUT2D eigenvalue weighted by Crippen LogP contribution is -2.54. The summed E-state index contributed by atoms with van der Waals surface area (Å²) in [7, 11) is 0. The number of nitrogens with zero attached hydrogens (tertiary/aromatic N) is 1. The number of allylic oxidation sites excluding steroid dienone is 1. The molecule has 37 heavy (non-hydrogen) atoms. The maximum absolute atomic E-state index is 12.5. The average Bonchev–Trinajstić information content (AvgIpc) is 3.08. The molecule has 1 saturated heterocycles. The van der Waals surface area contributed by atoms with Crippen LogP contribution < -0.4 is 9.61 Å². The Morgan fingerprint density at radius 3 is 2.68 bits per heavy atom. The number of ether oxygens (including phenoxy) is 2. The van der Waals surface area contributed by atoms with Crippen molar-refractivity contribution >= 4 is 30.3 Å². The number of nitrogens with one attached hydrogen (secondary N) is 1. The SMILES string of the molecule is C#C[C@@]1(O)[C@H](O)[C@@H](CO[P@](=S)(N[C@@H](C)C(=O)OC(C)C)Oc2ccccc2)O[C@H]1N1C=CC(=C)CC1=O. The van der Waals surface area contributed by atoms with Crippen molar-refractivity contribution in [1.82, 2.24) is 9.99 Å². The number of hydrogen-bond donors (Lipinski definition) is 3. The number of carbonyl (C=O) groups is 2. The Hall–Kier alpha value is -2.55. The minimum Gasteiger partial charge on any atom is -0.462 e. The molecule has 12 heteroatoms. The van der Waals surface area contributed by atoms with Gasteiger partial charge in [-0.05, 0) is 56.4 Å². The van der Waals surface area contributed by atoms with Gasteiger partial charge in [0.25, 0.3) is 0 Å². The van der Waals surface area contributed by atoms with Gasteiger partial charge in [-0.15, -0.1) is 6.42 Å². The predicted octanol–water partition coefficient (Wildman–Crippen LogP) is 1.99. The first kappa shape index (κ1) is 29.0. The van der Waals surface area contributed by atoms with E-state index < -0.39 is 48.6 Å². The van der Waals surface area contributed by atoms with Crippen LogP contribution in [0.2, 0.25) is 0 Å². The molecule has 0 aromatic heterocycles. The topological polar surface area (TPSA) is 127 Å². The van der Waals surface area contributed by atoms with E-state index in [4.69, 9.17) is 36.8 Å². The van der Waals surface area contributed by atoms with Gasteiger partial charge in [0.15, 0.2) is 11.8 Å². The second kappa shape index (κ2) is 11.9. The Morgan fingerprint density at radius 1 is 1.41 bits per heavy atom. The first-order valence-corrected chi connectivity index (χ1v) is 14.2. The van der Waals surface area contributed by atoms with Crippen molar-refractivity contribution in [2.45, 2.75) is 63.4 Å². The Morgan fingerprint density at radius 2 is 2.08 bits per heavy atom. The summed E-state index contributed by atoms with van der Waals surface area (Å²) in [6, 6.07) is 7.72. The van der Waals surface area contributed by atoms with Gasteiger partial charge in [-0.3, -0.25) is 14.5 Å². The van der Waals surface area contributed by atoms with Crippen molar-refractivity contribution in [3.05, 3.63) is 54.8 Å². The van der Waals surface area contributed by atoms with Gasteiger partial charge in [0.05, 0.1) is 19.1 Å². The molecule has 0 aliphatic carbocycles. The van der Waals surface area contributed by atoms with Gasteiger partial charge in [-0.2, -0.15) is 0 Å². The number of esters is 1. The zero-order valence-corrected chi connectivity index (χ0v) is 22.5. The molecular weight excluding hydrogens is 519 g/mol. The lowest BCUT2D eigenvalue weighted by atomic mass is 9.94. The van der Waals surface area contributed by atoms with E-state index >= 15 is 0 Å². The number of terminal acetylenes is 1. The minimum atomic E-state index is -3.44. The van der Waals surface area contributed by atoms with Crippen LogP contribution in [0.1, 0.15) is 27.2 Å². The van der Waals surface area contributed by atoms with Crippen LogP contribution in [0.25, 0.3) is 0 Å². The maximum atomic E-state index is 12.5. The highest BCUT2D eigenvalue weighted by Crippen LogP contribution is 2.46. The number of benzene rings is 1. The van der Waals surface area contributed by atoms with Crippen LogP contribution in [-0.4, -0.2) is 69.8 Å². The number of hydrogen-bond acceptors (Lipinski definition) is 9. The molecule has 0 radical (unpaired) electrons. The molecule has 200 valence electrons. The smallest absolute Gasteiger partial charge is 0.323 e. The van der Waals surface area contributed by atoms with E-state index in [1.54, 1.807) is 57.2 Å². The fraction of sp³-hybridized carbons (Fsp3) is 0.440. The van der Waals surface area contributed by atoms with Gasteiger partial charge in [0.2, 0.25) is 5.91 Å². The van der Waals surface area contributed by atoms with Crippen LogP contribution in [0.4, 0.5) is 0 Å². The van der Waals surface area contributed by atoms with E-state index in [1.807, 2.05) is 0 Å². The molecule has 0 saturated carbocycles. The van der Waals surface area contributed by atoms with Crippen molar-refractivity contribution in [1.29, 1.82) is 0 Å². The molecule has 2 heterocycles. The van der Waals surface area contributed by atoms with Gasteiger partial charge >= 0.3 is 12.6 Å². The summed E-state index contributed by atoms with van der Waals surface area (Å²) in [4.78, 5) is 26.1. The van der Waals surface area contributed by atoms with Crippen LogP contribution in [0.3, 0.4) is 0 Å². The third kappa shape index (κ3) is 6.86. The van der Waals surface area contributed by atoms with E-state index in [0.29, 0.717) is 11.3 Å². The van der Waals surface area contributed by atoms with E-state index in [9.17, 15) is 19.8 Å². The standard InChI is InChI=1S/C25H31N2O8PS/c1-6-25(31)22(29)20(34-24(25)27-13-12-17(4)14-21(27)28)15-32-36(37,35-19-10-8-7-9-11-19)26-18(5)23(30)33-16(2)3/h1,7-13,16,18,20,22,24,29,31H,4,14-15H2,2-3,5H3,(H,26,37)/t18-,20+,22+,24+,25+,36+/m0/s1. The van der Waals surface area contributed by atoms with E-state index in [0.717, 1.165) is 4.90 Å². The maximum Gasteiger partial charge on any atom is 0.323 e. The Kier molecular flexibility index (Phi) is 9.32. The number of aliphatic hydroxyl groups excluding tert-OH is 1. The first-order valence-electron chi connectivity index (χ1n) is 11.6. The van der Waals surface area contributed by atoms with Gasteiger partial charge in [-0.1, -0.05) is 30.7 Å². The summed E-state index contributed by atoms with van der Waals surface area (Å²) in [5.74, 6) is 1.58. The molecule has 2 aliphatic heterocycles. The molecule has 3 N–H and O–H groups in total. The minimum absolute atomic E-state index is 0.00821. The van der Waals surface area contributed by atoms with Crippen molar-refractivity contribution in [3.63, 3.8) is 0 Å². The Bertz CT molecular complexity index is 1140. The van der Waals surface area contributed by atoms with Crippen molar-refractivity contribution in [2.75, 3.05) is 6.61 Å². The van der Waals surface area contributed by atoms with Crippen molar-refractivity contribution in [3.8, 4) is 18.1 Å². The molecule has 1 aromatic rings. The molecule has 1 amide bonds. The van der Waals surface area contributed by atoms with Crippen molar-refractivity contribution < 1.29 is 38.3 Å². The van der Waals surface area contributed by atoms with Crippen LogP contribution in [0.5, 0.6) is 5.75 Å². The summed E-state index contributed by atoms with van der Waals surface area (Å²) in [5, 5.41) is 24.8. The second-order valence-corrected chi connectivity index (χ2v) is 12.1. The van der Waals surface area contributed by atoms with E-state index in [1.165, 1.54) is 6.20 Å². The van der Waals surface area contributed by atoms with Crippen LogP contribution in [-0.2, 0) is 35.4 Å². The average molecular weight is 551 g/mol. The summed E-state index contributed by atoms with van der Waals surface area (Å²) >= 11 is 5.66. The number of para-hydroxylation sites is 1. The fourth-order valence-corrected chi connectivity index (χ4v) is 6.08. The quantitative estimate of drug-likeness (QED) is 0.226. The van der Waals surface area contributed by atoms with Gasteiger partial charge in [0.1, 0.15) is 24.0 Å². The lowest BCUT2D eigenvalue weighted by molar-refractivity contribution is -0.150. The Labute approximate surface area is 221 Å². The number of aliphatic hydroxyl groups is 2. The predicted molar refractivity (Wildman–Crippen MR) is 139 cm³/mol. The molecule has 1 fully saturated rings. The first-order chi connectivity index (χ1) is 17.4. The summed E-state index contributed by atoms with van der Waals surface area (Å²) in [5.41, 5.74) is -1.64. The van der Waals surface area contributed by atoms with Crippen LogP contribution in [0.15, 0.2) is 54.8 Å². The lowest BCUT2D eigenvalue weighted by Gasteiger charge is -2.34. The molecule has 1 aromatic carbocycles. The molecule has 10 nitrogen and oxygen atoms in total. The van der Waals surface area contributed by atoms with Gasteiger partial charge < -0.3 is 28.7 Å². The van der Waals surface area contributed by atoms with Crippen LogP contribution >= 0.6 is 6.64 Å². The van der Waals surface area contributed by atoms with Gasteiger partial charge in [-0.25, -0.2) is 5.09 Å². The number of carbonyl (C=O) groups excluding carboxylic acids is 2. The molecule has 0 unspecified atom stereocenters. The Balaban J connectivity index is 1.80. The second-order valence-electron chi connectivity index (χ2n) is 8.93. The normalized spacial score (nSPS) is 28.0. The van der Waals surface area contributed by atoms with Crippen molar-refractivity contribution in [2.24, 2.45) is 0 Å². The highest BCUT2D eigenvalue weighted by Gasteiger charge is 2.58. The molecular formula is C25H31N2O8PS. The van der Waals surface area contributed by atoms with E-state index in [-0.39, 0.29) is 19.1 Å².